The monoisotopic (exact) mass is 623 g/mol. The highest BCUT2D eigenvalue weighted by atomic mass is 35.5. The van der Waals surface area contributed by atoms with Gasteiger partial charge in [0.15, 0.2) is 0 Å². The molecule has 0 spiro atoms. The van der Waals surface area contributed by atoms with E-state index in [1.807, 2.05) is 26.8 Å². The van der Waals surface area contributed by atoms with Crippen LogP contribution in [0.25, 0.3) is 0 Å². The first-order valence-corrected chi connectivity index (χ1v) is 15.2. The van der Waals surface area contributed by atoms with Crippen molar-refractivity contribution in [2.75, 3.05) is 17.4 Å². The smallest absolute Gasteiger partial charge is 0.264 e. The second kappa shape index (κ2) is 13.7. The van der Waals surface area contributed by atoms with Crippen LogP contribution in [-0.4, -0.2) is 44.3 Å². The van der Waals surface area contributed by atoms with Gasteiger partial charge >= 0.3 is 0 Å². The van der Waals surface area contributed by atoms with Crippen LogP contribution in [0.5, 0.6) is 0 Å². The van der Waals surface area contributed by atoms with Crippen LogP contribution in [0.1, 0.15) is 31.9 Å². The number of carbonyl (C=O) groups excluding carboxylic acids is 2. The van der Waals surface area contributed by atoms with Gasteiger partial charge in [0.2, 0.25) is 11.8 Å². The first kappa shape index (κ1) is 31.7. The van der Waals surface area contributed by atoms with E-state index in [0.717, 1.165) is 9.87 Å². The summed E-state index contributed by atoms with van der Waals surface area (Å²) in [5.41, 5.74) is 1.76. The molecule has 11 heteroatoms. The number of nitrogens with one attached hydrogen (secondary N) is 1. The Hall–Kier alpha value is -2.78. The average Bonchev–Trinajstić information content (AvgIpc) is 2.90. The predicted octanol–water partition coefficient (Wildman–Crippen LogP) is 6.34. The number of anilines is 1. The zero-order valence-corrected chi connectivity index (χ0v) is 25.8. The van der Waals surface area contributed by atoms with Crippen molar-refractivity contribution in [1.29, 1.82) is 0 Å². The number of hydrogen-bond acceptors (Lipinski definition) is 4. The van der Waals surface area contributed by atoms with Gasteiger partial charge in [0.1, 0.15) is 12.6 Å². The van der Waals surface area contributed by atoms with Crippen LogP contribution >= 0.6 is 34.8 Å². The van der Waals surface area contributed by atoms with Crippen LogP contribution in [0.4, 0.5) is 5.69 Å². The summed E-state index contributed by atoms with van der Waals surface area (Å²) in [4.78, 5) is 28.3. The van der Waals surface area contributed by atoms with Gasteiger partial charge in [-0.15, -0.1) is 0 Å². The molecule has 3 aromatic rings. The predicted molar refractivity (Wildman–Crippen MR) is 161 cm³/mol. The number of amides is 2. The summed E-state index contributed by atoms with van der Waals surface area (Å²) in [6.45, 7) is 7.26. The Morgan fingerprint density at radius 1 is 0.900 bits per heavy atom. The number of hydrogen-bond donors (Lipinski definition) is 1. The highest BCUT2D eigenvalue weighted by molar-refractivity contribution is 7.92. The van der Waals surface area contributed by atoms with Gasteiger partial charge in [0, 0.05) is 18.1 Å². The fraction of sp³-hybridized carbons (Fsp3) is 0.310. The molecule has 0 aliphatic carbocycles. The normalized spacial score (nSPS) is 12.2. The Labute approximate surface area is 251 Å². The zero-order valence-electron chi connectivity index (χ0n) is 22.7. The third-order valence-electron chi connectivity index (χ3n) is 6.16. The summed E-state index contributed by atoms with van der Waals surface area (Å²) >= 11 is 18.3. The van der Waals surface area contributed by atoms with Crippen molar-refractivity contribution in [3.63, 3.8) is 0 Å². The van der Waals surface area contributed by atoms with E-state index in [1.54, 1.807) is 43.3 Å². The molecule has 7 nitrogen and oxygen atoms in total. The Bertz CT molecular complexity index is 1460. The van der Waals surface area contributed by atoms with Crippen molar-refractivity contribution < 1.29 is 18.0 Å². The summed E-state index contributed by atoms with van der Waals surface area (Å²) in [6.07, 6.45) is 0. The minimum absolute atomic E-state index is 0.00857. The van der Waals surface area contributed by atoms with E-state index in [4.69, 9.17) is 34.8 Å². The standard InChI is InChI=1S/C29H32Cl3N3O4S/c1-19(2)16-33-29(37)21(4)34(17-22-8-13-26(31)27(32)15-22)28(36)18-35(24-7-5-6-20(3)14-24)40(38,39)25-11-9-23(30)10-12-25/h5-15,19,21H,16-18H2,1-4H3,(H,33,37)/t21-/m0/s1. The van der Waals surface area contributed by atoms with Gasteiger partial charge in [-0.25, -0.2) is 8.42 Å². The van der Waals surface area contributed by atoms with E-state index in [1.165, 1.54) is 29.2 Å². The maximum atomic E-state index is 13.9. The molecule has 0 fully saturated rings. The maximum Gasteiger partial charge on any atom is 0.264 e. The van der Waals surface area contributed by atoms with Crippen LogP contribution < -0.4 is 9.62 Å². The van der Waals surface area contributed by atoms with Gasteiger partial charge in [-0.1, -0.05) is 66.8 Å². The van der Waals surface area contributed by atoms with Crippen LogP contribution in [0.3, 0.4) is 0 Å². The summed E-state index contributed by atoms with van der Waals surface area (Å²) in [6, 6.07) is 16.6. The molecule has 0 aromatic heterocycles. The highest BCUT2D eigenvalue weighted by Crippen LogP contribution is 2.27. The molecule has 0 saturated carbocycles. The van der Waals surface area contributed by atoms with Crippen molar-refractivity contribution in [1.82, 2.24) is 10.2 Å². The Morgan fingerprint density at radius 3 is 2.17 bits per heavy atom. The molecule has 0 radical (unpaired) electrons. The summed E-state index contributed by atoms with van der Waals surface area (Å²) in [5.74, 6) is -0.723. The molecule has 0 unspecified atom stereocenters. The molecule has 0 bridgehead atoms. The lowest BCUT2D eigenvalue weighted by Crippen LogP contribution is -2.51. The van der Waals surface area contributed by atoms with Gasteiger partial charge in [-0.3, -0.25) is 13.9 Å². The maximum absolute atomic E-state index is 13.9. The number of benzene rings is 3. The molecular weight excluding hydrogens is 593 g/mol. The third-order valence-corrected chi connectivity index (χ3v) is 8.94. The Morgan fingerprint density at radius 2 is 1.57 bits per heavy atom. The summed E-state index contributed by atoms with van der Waals surface area (Å²) in [5, 5.41) is 3.89. The van der Waals surface area contributed by atoms with Gasteiger partial charge in [-0.05, 0) is 79.4 Å². The van der Waals surface area contributed by atoms with E-state index in [9.17, 15) is 18.0 Å². The van der Waals surface area contributed by atoms with E-state index < -0.39 is 28.5 Å². The van der Waals surface area contributed by atoms with Gasteiger partial charge < -0.3 is 10.2 Å². The quantitative estimate of drug-likeness (QED) is 0.270. The van der Waals surface area contributed by atoms with Crippen LogP contribution in [-0.2, 0) is 26.2 Å². The Kier molecular flexibility index (Phi) is 10.9. The molecule has 2 amide bonds. The SMILES string of the molecule is Cc1cccc(N(CC(=O)N(Cc2ccc(Cl)c(Cl)c2)[C@@H](C)C(=O)NCC(C)C)S(=O)(=O)c2ccc(Cl)cc2)c1. The lowest BCUT2D eigenvalue weighted by atomic mass is 10.1. The Balaban J connectivity index is 2.03. The van der Waals surface area contributed by atoms with Crippen molar-refractivity contribution in [2.24, 2.45) is 5.92 Å². The van der Waals surface area contributed by atoms with Crippen LogP contribution in [0.2, 0.25) is 15.1 Å². The molecular formula is C29H32Cl3N3O4S. The summed E-state index contributed by atoms with van der Waals surface area (Å²) < 4.78 is 28.7. The fourth-order valence-corrected chi connectivity index (χ4v) is 5.77. The molecule has 0 saturated heterocycles. The third kappa shape index (κ3) is 8.13. The fourth-order valence-electron chi connectivity index (χ4n) is 3.92. The van der Waals surface area contributed by atoms with Crippen molar-refractivity contribution in [3.05, 3.63) is 92.9 Å². The lowest BCUT2D eigenvalue weighted by molar-refractivity contribution is -0.139. The van der Waals surface area contributed by atoms with Gasteiger partial charge in [-0.2, -0.15) is 0 Å². The average molecular weight is 625 g/mol. The molecule has 1 N–H and O–H groups in total. The topological polar surface area (TPSA) is 86.8 Å². The second-order valence-electron chi connectivity index (χ2n) is 9.89. The van der Waals surface area contributed by atoms with Crippen LogP contribution in [0.15, 0.2) is 71.6 Å². The molecule has 0 aliphatic heterocycles. The zero-order chi connectivity index (χ0) is 29.6. The molecule has 3 rings (SSSR count). The number of carbonyl (C=O) groups is 2. The van der Waals surface area contributed by atoms with Gasteiger partial charge in [0.25, 0.3) is 10.0 Å². The molecule has 0 heterocycles. The van der Waals surface area contributed by atoms with E-state index in [0.29, 0.717) is 32.9 Å². The van der Waals surface area contributed by atoms with Crippen molar-refractivity contribution in [2.45, 2.75) is 45.2 Å². The molecule has 214 valence electrons. The van der Waals surface area contributed by atoms with Crippen molar-refractivity contribution in [3.8, 4) is 0 Å². The first-order chi connectivity index (χ1) is 18.8. The number of nitrogens with zero attached hydrogens (tertiary/aromatic N) is 2. The molecule has 1 atom stereocenters. The second-order valence-corrected chi connectivity index (χ2v) is 13.0. The first-order valence-electron chi connectivity index (χ1n) is 12.7. The van der Waals surface area contributed by atoms with Crippen LogP contribution in [0, 0.1) is 12.8 Å². The van der Waals surface area contributed by atoms with Gasteiger partial charge in [0.05, 0.1) is 20.6 Å². The number of rotatable bonds is 11. The minimum Gasteiger partial charge on any atom is -0.354 e. The summed E-state index contributed by atoms with van der Waals surface area (Å²) in [7, 11) is -4.18. The molecule has 0 aliphatic rings. The molecule has 40 heavy (non-hydrogen) atoms. The number of sulfonamides is 1. The molecule has 3 aromatic carbocycles. The largest absolute Gasteiger partial charge is 0.354 e. The minimum atomic E-state index is -4.18. The highest BCUT2D eigenvalue weighted by Gasteiger charge is 2.32. The lowest BCUT2D eigenvalue weighted by Gasteiger charge is -2.32. The number of aryl methyl sites for hydroxylation is 1. The van der Waals surface area contributed by atoms with E-state index in [-0.39, 0.29) is 23.3 Å². The van der Waals surface area contributed by atoms with E-state index >= 15 is 0 Å². The van der Waals surface area contributed by atoms with Crippen molar-refractivity contribution >= 4 is 62.3 Å². The van der Waals surface area contributed by atoms with E-state index in [2.05, 4.69) is 5.32 Å². The number of halogens is 3.